The van der Waals surface area contributed by atoms with E-state index in [0.29, 0.717) is 5.02 Å². The zero-order valence-electron chi connectivity index (χ0n) is 14.7. The summed E-state index contributed by atoms with van der Waals surface area (Å²) in [5.74, 6) is -0.645. The standard InChI is InChI=1S/C21H22ClNO3/c1-15(16-6-3-2-4-7-16)23-19(24)14-26-20(25)21(12-5-13-21)17-8-10-18(22)11-9-17/h2-4,6-11,15H,5,12-14H2,1H3,(H,23,24)/t15-/m0/s1. The molecule has 1 aliphatic rings. The maximum Gasteiger partial charge on any atom is 0.317 e. The number of carbonyl (C=O) groups excluding carboxylic acids is 2. The molecular weight excluding hydrogens is 350 g/mol. The van der Waals surface area contributed by atoms with E-state index in [2.05, 4.69) is 5.32 Å². The van der Waals surface area contributed by atoms with Crippen LogP contribution in [0.1, 0.15) is 43.4 Å². The Labute approximate surface area is 158 Å². The van der Waals surface area contributed by atoms with Crippen molar-refractivity contribution in [1.82, 2.24) is 5.32 Å². The van der Waals surface area contributed by atoms with Gasteiger partial charge < -0.3 is 10.1 Å². The summed E-state index contributed by atoms with van der Waals surface area (Å²) < 4.78 is 5.35. The van der Waals surface area contributed by atoms with Gasteiger partial charge >= 0.3 is 5.97 Å². The molecule has 3 rings (SSSR count). The van der Waals surface area contributed by atoms with Crippen LogP contribution in [0, 0.1) is 0 Å². The number of benzene rings is 2. The molecule has 0 spiro atoms. The van der Waals surface area contributed by atoms with Gasteiger partial charge in [0.15, 0.2) is 6.61 Å². The maximum atomic E-state index is 12.7. The van der Waals surface area contributed by atoms with Crippen LogP contribution in [-0.4, -0.2) is 18.5 Å². The van der Waals surface area contributed by atoms with Crippen LogP contribution < -0.4 is 5.32 Å². The third-order valence-electron chi connectivity index (χ3n) is 5.01. The number of carbonyl (C=O) groups is 2. The first-order chi connectivity index (χ1) is 12.5. The summed E-state index contributed by atoms with van der Waals surface area (Å²) in [6, 6.07) is 16.8. The third-order valence-corrected chi connectivity index (χ3v) is 5.26. The Morgan fingerprint density at radius 3 is 2.35 bits per heavy atom. The number of hydrogen-bond acceptors (Lipinski definition) is 3. The van der Waals surface area contributed by atoms with E-state index < -0.39 is 5.41 Å². The Bertz CT molecular complexity index is 770. The van der Waals surface area contributed by atoms with Crippen molar-refractivity contribution < 1.29 is 14.3 Å². The van der Waals surface area contributed by atoms with Gasteiger partial charge in [-0.3, -0.25) is 9.59 Å². The zero-order valence-corrected chi connectivity index (χ0v) is 15.5. The van der Waals surface area contributed by atoms with E-state index in [1.165, 1.54) is 0 Å². The van der Waals surface area contributed by atoms with E-state index in [9.17, 15) is 9.59 Å². The van der Waals surface area contributed by atoms with Crippen molar-refractivity contribution in [2.24, 2.45) is 0 Å². The number of ether oxygens (including phenoxy) is 1. The Kier molecular flexibility index (Phi) is 5.62. The average molecular weight is 372 g/mol. The summed E-state index contributed by atoms with van der Waals surface area (Å²) in [5.41, 5.74) is 1.26. The van der Waals surface area contributed by atoms with Gasteiger partial charge in [0.1, 0.15) is 0 Å². The van der Waals surface area contributed by atoms with Crippen LogP contribution >= 0.6 is 11.6 Å². The molecule has 0 radical (unpaired) electrons. The van der Waals surface area contributed by atoms with Gasteiger partial charge in [0.2, 0.25) is 0 Å². The molecule has 1 aliphatic carbocycles. The predicted octanol–water partition coefficient (Wildman–Crippen LogP) is 4.18. The quantitative estimate of drug-likeness (QED) is 0.775. The molecule has 0 bridgehead atoms. The Morgan fingerprint density at radius 2 is 1.77 bits per heavy atom. The number of amides is 1. The second-order valence-electron chi connectivity index (χ2n) is 6.72. The monoisotopic (exact) mass is 371 g/mol. The van der Waals surface area contributed by atoms with Crippen molar-refractivity contribution in [2.45, 2.75) is 37.6 Å². The molecule has 0 aromatic heterocycles. The van der Waals surface area contributed by atoms with Crippen LogP contribution in [0.25, 0.3) is 0 Å². The average Bonchev–Trinajstić information content (AvgIpc) is 2.61. The van der Waals surface area contributed by atoms with Crippen molar-refractivity contribution in [3.63, 3.8) is 0 Å². The molecule has 5 heteroatoms. The van der Waals surface area contributed by atoms with Crippen LogP contribution in [0.3, 0.4) is 0 Å². The lowest BCUT2D eigenvalue weighted by atomic mass is 9.64. The molecule has 0 saturated heterocycles. The fourth-order valence-electron chi connectivity index (χ4n) is 3.29. The second-order valence-corrected chi connectivity index (χ2v) is 7.16. The highest BCUT2D eigenvalue weighted by Gasteiger charge is 2.47. The summed E-state index contributed by atoms with van der Waals surface area (Å²) in [6.07, 6.45) is 2.43. The first-order valence-corrected chi connectivity index (χ1v) is 9.17. The third kappa shape index (κ3) is 3.91. The van der Waals surface area contributed by atoms with E-state index in [1.54, 1.807) is 12.1 Å². The van der Waals surface area contributed by atoms with Crippen LogP contribution in [-0.2, 0) is 19.7 Å². The number of hydrogen-bond donors (Lipinski definition) is 1. The molecule has 2 aromatic rings. The Hall–Kier alpha value is -2.33. The number of halogens is 1. The SMILES string of the molecule is C[C@H](NC(=O)COC(=O)C1(c2ccc(Cl)cc2)CCC1)c1ccccc1. The van der Waals surface area contributed by atoms with Gasteiger partial charge in [0.25, 0.3) is 5.91 Å². The molecule has 0 aliphatic heterocycles. The molecule has 1 saturated carbocycles. The van der Waals surface area contributed by atoms with Crippen molar-refractivity contribution in [3.05, 3.63) is 70.7 Å². The molecule has 2 aromatic carbocycles. The van der Waals surface area contributed by atoms with E-state index in [0.717, 1.165) is 30.4 Å². The fourth-order valence-corrected chi connectivity index (χ4v) is 3.41. The van der Waals surface area contributed by atoms with E-state index in [4.69, 9.17) is 16.3 Å². The lowest BCUT2D eigenvalue weighted by molar-refractivity contribution is -0.157. The highest BCUT2D eigenvalue weighted by molar-refractivity contribution is 6.30. The lowest BCUT2D eigenvalue weighted by Crippen LogP contribution is -2.45. The topological polar surface area (TPSA) is 55.4 Å². The summed E-state index contributed by atoms with van der Waals surface area (Å²) in [7, 11) is 0. The van der Waals surface area contributed by atoms with Gasteiger partial charge in [-0.05, 0) is 43.0 Å². The Balaban J connectivity index is 1.57. The molecule has 1 fully saturated rings. The van der Waals surface area contributed by atoms with Crippen molar-refractivity contribution in [1.29, 1.82) is 0 Å². The molecule has 1 N–H and O–H groups in total. The number of esters is 1. The molecule has 4 nitrogen and oxygen atoms in total. The highest BCUT2D eigenvalue weighted by atomic mass is 35.5. The normalized spacial score (nSPS) is 16.2. The van der Waals surface area contributed by atoms with Crippen LogP contribution in [0.2, 0.25) is 5.02 Å². The number of nitrogens with one attached hydrogen (secondary N) is 1. The molecular formula is C21H22ClNO3. The van der Waals surface area contributed by atoms with Gasteiger partial charge in [-0.15, -0.1) is 0 Å². The van der Waals surface area contributed by atoms with Gasteiger partial charge in [-0.1, -0.05) is 60.5 Å². The summed E-state index contributed by atoms with van der Waals surface area (Å²) in [4.78, 5) is 24.8. The lowest BCUT2D eigenvalue weighted by Gasteiger charge is -2.39. The van der Waals surface area contributed by atoms with Gasteiger partial charge in [0.05, 0.1) is 11.5 Å². The highest BCUT2D eigenvalue weighted by Crippen LogP contribution is 2.45. The minimum Gasteiger partial charge on any atom is -0.455 e. The molecule has 136 valence electrons. The molecule has 1 atom stereocenters. The Morgan fingerprint density at radius 1 is 1.12 bits per heavy atom. The summed E-state index contributed by atoms with van der Waals surface area (Å²) in [6.45, 7) is 1.63. The van der Waals surface area contributed by atoms with E-state index in [-0.39, 0.29) is 24.5 Å². The van der Waals surface area contributed by atoms with Crippen molar-refractivity contribution in [3.8, 4) is 0 Å². The first-order valence-electron chi connectivity index (χ1n) is 8.79. The summed E-state index contributed by atoms with van der Waals surface area (Å²) >= 11 is 5.94. The largest absolute Gasteiger partial charge is 0.455 e. The smallest absolute Gasteiger partial charge is 0.317 e. The van der Waals surface area contributed by atoms with Crippen LogP contribution in [0.4, 0.5) is 0 Å². The zero-order chi connectivity index (χ0) is 18.6. The fraction of sp³-hybridized carbons (Fsp3) is 0.333. The van der Waals surface area contributed by atoms with Gasteiger partial charge in [-0.25, -0.2) is 0 Å². The predicted molar refractivity (Wildman–Crippen MR) is 101 cm³/mol. The van der Waals surface area contributed by atoms with E-state index in [1.807, 2.05) is 49.4 Å². The molecule has 0 heterocycles. The maximum absolute atomic E-state index is 12.7. The molecule has 0 unspecified atom stereocenters. The van der Waals surface area contributed by atoms with Crippen LogP contribution in [0.5, 0.6) is 0 Å². The summed E-state index contributed by atoms with van der Waals surface area (Å²) in [5, 5.41) is 3.48. The second kappa shape index (κ2) is 7.92. The number of rotatable bonds is 6. The van der Waals surface area contributed by atoms with E-state index >= 15 is 0 Å². The van der Waals surface area contributed by atoms with Crippen molar-refractivity contribution >= 4 is 23.5 Å². The van der Waals surface area contributed by atoms with Gasteiger partial charge in [0, 0.05) is 5.02 Å². The van der Waals surface area contributed by atoms with Crippen LogP contribution in [0.15, 0.2) is 54.6 Å². The van der Waals surface area contributed by atoms with Gasteiger partial charge in [-0.2, -0.15) is 0 Å². The van der Waals surface area contributed by atoms with Crippen molar-refractivity contribution in [2.75, 3.05) is 6.61 Å². The molecule has 26 heavy (non-hydrogen) atoms. The first kappa shape index (κ1) is 18.5. The minimum atomic E-state index is -0.643. The minimum absolute atomic E-state index is 0.142. The molecule has 1 amide bonds.